The zero-order valence-corrected chi connectivity index (χ0v) is 26.5. The maximum atomic E-state index is 14.1. The van der Waals surface area contributed by atoms with Crippen LogP contribution in [0.4, 0.5) is 29.3 Å². The quantitative estimate of drug-likeness (QED) is 0.303. The number of pyridine rings is 2. The third-order valence-corrected chi connectivity index (χ3v) is 8.96. The summed E-state index contributed by atoms with van der Waals surface area (Å²) in [5.41, 5.74) is 0.432. The van der Waals surface area contributed by atoms with Gasteiger partial charge >= 0.3 is 12.3 Å². The molecule has 0 radical (unpaired) electrons. The minimum atomic E-state index is -4.80. The Hall–Kier alpha value is -4.59. The van der Waals surface area contributed by atoms with Crippen molar-refractivity contribution in [2.24, 2.45) is 16.9 Å². The second kappa shape index (κ2) is 12.9. The molecule has 5 heterocycles. The van der Waals surface area contributed by atoms with E-state index in [1.165, 1.54) is 32.4 Å². The van der Waals surface area contributed by atoms with Gasteiger partial charge in [0.15, 0.2) is 0 Å². The number of carbonyl (C=O) groups excluding carboxylic acids is 2. The molecule has 15 heteroatoms. The van der Waals surface area contributed by atoms with Crippen molar-refractivity contribution in [3.05, 3.63) is 71.5 Å². The Morgan fingerprint density at radius 3 is 2.47 bits per heavy atom. The van der Waals surface area contributed by atoms with E-state index in [2.05, 4.69) is 20.0 Å². The molecule has 0 N–H and O–H groups in total. The van der Waals surface area contributed by atoms with Gasteiger partial charge in [0.1, 0.15) is 30.5 Å². The van der Waals surface area contributed by atoms with E-state index in [1.54, 1.807) is 42.6 Å². The number of nitrogens with zero attached hydrogens (tertiary/aromatic N) is 6. The summed E-state index contributed by atoms with van der Waals surface area (Å²) in [5.74, 6) is -1.45. The molecule has 0 aliphatic carbocycles. The first-order chi connectivity index (χ1) is 22.5. The van der Waals surface area contributed by atoms with Gasteiger partial charge in [-0.05, 0) is 11.6 Å². The Morgan fingerprint density at radius 1 is 1.06 bits per heavy atom. The van der Waals surface area contributed by atoms with Gasteiger partial charge in [-0.3, -0.25) is 9.80 Å². The zero-order valence-electron chi connectivity index (χ0n) is 25.7. The molecule has 2 amide bonds. The SMILES string of the molecule is COc1cc(N2CCC(Oc3ccc(N4N=C(C(F)(F)F)[C@@H](C)[C@@H]4C(=O)N4C(=O)OC[C@@H]4c4ccccc4)cn3)C(C)C2)c(Cl)cn1. The highest BCUT2D eigenvalue weighted by atomic mass is 35.5. The molecule has 2 fully saturated rings. The molecule has 3 aliphatic rings. The molecule has 0 saturated carbocycles. The Morgan fingerprint density at radius 2 is 1.81 bits per heavy atom. The Labute approximate surface area is 273 Å². The number of piperidine rings is 1. The van der Waals surface area contributed by atoms with Gasteiger partial charge in [-0.2, -0.15) is 18.3 Å². The molecule has 248 valence electrons. The number of amides is 2. The number of halogens is 4. The van der Waals surface area contributed by atoms with E-state index >= 15 is 0 Å². The summed E-state index contributed by atoms with van der Waals surface area (Å²) in [6, 6.07) is 11.2. The number of methoxy groups -OCH3 is 1. The van der Waals surface area contributed by atoms with Crippen LogP contribution in [0.3, 0.4) is 0 Å². The predicted octanol–water partition coefficient (Wildman–Crippen LogP) is 5.90. The van der Waals surface area contributed by atoms with Crippen LogP contribution >= 0.6 is 11.6 Å². The molecule has 11 nitrogen and oxygen atoms in total. The number of hydrazone groups is 1. The van der Waals surface area contributed by atoms with Gasteiger partial charge in [-0.25, -0.2) is 19.7 Å². The molecular formula is C32H32ClF3N6O5. The van der Waals surface area contributed by atoms with Crippen LogP contribution in [0.25, 0.3) is 0 Å². The summed E-state index contributed by atoms with van der Waals surface area (Å²) >= 11 is 6.40. The summed E-state index contributed by atoms with van der Waals surface area (Å²) in [5, 5.41) is 5.33. The molecule has 6 rings (SSSR count). The highest BCUT2D eigenvalue weighted by molar-refractivity contribution is 6.33. The van der Waals surface area contributed by atoms with E-state index in [0.29, 0.717) is 36.0 Å². The number of alkyl halides is 3. The lowest BCUT2D eigenvalue weighted by molar-refractivity contribution is -0.131. The van der Waals surface area contributed by atoms with Crippen molar-refractivity contribution in [3.63, 3.8) is 0 Å². The van der Waals surface area contributed by atoms with Crippen molar-refractivity contribution in [2.45, 2.75) is 44.6 Å². The zero-order chi connectivity index (χ0) is 33.5. The number of benzene rings is 1. The van der Waals surface area contributed by atoms with Gasteiger partial charge in [-0.1, -0.05) is 55.8 Å². The fraction of sp³-hybridized carbons (Fsp3) is 0.406. The first-order valence-electron chi connectivity index (χ1n) is 15.0. The number of anilines is 2. The summed E-state index contributed by atoms with van der Waals surface area (Å²) in [6.07, 6.45) is -2.41. The second-order valence-electron chi connectivity index (χ2n) is 11.7. The van der Waals surface area contributed by atoms with Crippen LogP contribution < -0.4 is 19.4 Å². The summed E-state index contributed by atoms with van der Waals surface area (Å²) < 4.78 is 58.8. The molecule has 3 aromatic rings. The van der Waals surface area contributed by atoms with Gasteiger partial charge < -0.3 is 19.1 Å². The van der Waals surface area contributed by atoms with Crippen LogP contribution in [0.15, 0.2) is 66.0 Å². The van der Waals surface area contributed by atoms with E-state index in [0.717, 1.165) is 15.6 Å². The van der Waals surface area contributed by atoms with Crippen molar-refractivity contribution in [1.82, 2.24) is 14.9 Å². The first-order valence-corrected chi connectivity index (χ1v) is 15.4. The number of imide groups is 1. The van der Waals surface area contributed by atoms with Crippen molar-refractivity contribution in [3.8, 4) is 11.8 Å². The van der Waals surface area contributed by atoms with Crippen molar-refractivity contribution >= 4 is 40.7 Å². The normalized spacial score (nSPS) is 24.7. The molecule has 0 bridgehead atoms. The smallest absolute Gasteiger partial charge is 0.431 e. The van der Waals surface area contributed by atoms with E-state index in [1.807, 2.05) is 6.92 Å². The van der Waals surface area contributed by atoms with Gasteiger partial charge in [0.05, 0.1) is 35.9 Å². The van der Waals surface area contributed by atoms with E-state index < -0.39 is 41.9 Å². The minimum Gasteiger partial charge on any atom is -0.481 e. The summed E-state index contributed by atoms with van der Waals surface area (Å²) in [6.45, 7) is 4.48. The van der Waals surface area contributed by atoms with Crippen molar-refractivity contribution in [2.75, 3.05) is 36.7 Å². The molecule has 2 unspecified atom stereocenters. The largest absolute Gasteiger partial charge is 0.481 e. The number of hydrogen-bond donors (Lipinski definition) is 0. The third-order valence-electron chi connectivity index (χ3n) is 8.67. The van der Waals surface area contributed by atoms with Gasteiger partial charge in [-0.15, -0.1) is 0 Å². The number of rotatable bonds is 7. The predicted molar refractivity (Wildman–Crippen MR) is 167 cm³/mol. The summed E-state index contributed by atoms with van der Waals surface area (Å²) in [4.78, 5) is 38.2. The van der Waals surface area contributed by atoms with Crippen LogP contribution in [0.1, 0.15) is 31.9 Å². The number of hydrogen-bond acceptors (Lipinski definition) is 10. The van der Waals surface area contributed by atoms with Crippen LogP contribution in [-0.2, 0) is 9.53 Å². The van der Waals surface area contributed by atoms with Crippen molar-refractivity contribution < 1.29 is 37.0 Å². The lowest BCUT2D eigenvalue weighted by Gasteiger charge is -2.38. The number of cyclic esters (lactones) is 1. The fourth-order valence-electron chi connectivity index (χ4n) is 6.22. The molecule has 47 heavy (non-hydrogen) atoms. The average molecular weight is 673 g/mol. The van der Waals surface area contributed by atoms with E-state index in [-0.39, 0.29) is 30.2 Å². The second-order valence-corrected chi connectivity index (χ2v) is 12.1. The molecule has 3 aliphatic heterocycles. The number of carbonyl (C=O) groups is 2. The standard InChI is InChI=1S/C32H32ClF3N6O5/c1-18-16-40(23-13-27(45-3)38-15-22(23)33)12-11-25(18)47-26-10-9-21(14-37-26)42-28(19(2)29(39-42)32(34,35)36)30(43)41-24(17-46-31(41)44)20-7-5-4-6-8-20/h4-10,13-15,18-19,24-25,28H,11-12,16-17H2,1-3H3/t18?,19-,24+,25?,28+/m0/s1. The van der Waals surface area contributed by atoms with Gasteiger partial charge in [0, 0.05) is 43.5 Å². The monoisotopic (exact) mass is 672 g/mol. The Bertz CT molecular complexity index is 1660. The van der Waals surface area contributed by atoms with E-state index in [9.17, 15) is 22.8 Å². The molecule has 0 spiro atoms. The molecule has 5 atom stereocenters. The van der Waals surface area contributed by atoms with Crippen LogP contribution in [0.5, 0.6) is 11.8 Å². The third kappa shape index (κ3) is 6.38. The van der Waals surface area contributed by atoms with E-state index in [4.69, 9.17) is 25.8 Å². The van der Waals surface area contributed by atoms with Crippen molar-refractivity contribution in [1.29, 1.82) is 0 Å². The van der Waals surface area contributed by atoms with Gasteiger partial charge in [0.2, 0.25) is 11.8 Å². The maximum absolute atomic E-state index is 14.1. The number of ether oxygens (including phenoxy) is 3. The molecule has 2 aromatic heterocycles. The van der Waals surface area contributed by atoms with Crippen LogP contribution in [-0.4, -0.2) is 77.7 Å². The van der Waals surface area contributed by atoms with Crippen LogP contribution in [0, 0.1) is 11.8 Å². The highest BCUT2D eigenvalue weighted by Gasteiger charge is 2.54. The lowest BCUT2D eigenvalue weighted by atomic mass is 9.95. The minimum absolute atomic E-state index is 0.0682. The first kappa shape index (κ1) is 32.4. The number of aromatic nitrogens is 2. The summed E-state index contributed by atoms with van der Waals surface area (Å²) in [7, 11) is 1.54. The Balaban J connectivity index is 1.20. The molecule has 2 saturated heterocycles. The topological polar surface area (TPSA) is 110 Å². The highest BCUT2D eigenvalue weighted by Crippen LogP contribution is 2.39. The molecule has 1 aromatic carbocycles. The fourth-order valence-corrected chi connectivity index (χ4v) is 6.45. The van der Waals surface area contributed by atoms with Crippen LogP contribution in [0.2, 0.25) is 5.02 Å². The lowest BCUT2D eigenvalue weighted by Crippen LogP contribution is -2.50. The molecular weight excluding hydrogens is 641 g/mol. The maximum Gasteiger partial charge on any atom is 0.431 e. The Kier molecular flexibility index (Phi) is 8.88. The van der Waals surface area contributed by atoms with Gasteiger partial charge in [0.25, 0.3) is 5.91 Å². The average Bonchev–Trinajstić information content (AvgIpc) is 3.62.